The smallest absolute Gasteiger partial charge is 0.156 e. The molecule has 3 nitrogen and oxygen atoms in total. The van der Waals surface area contributed by atoms with E-state index in [1.807, 2.05) is 48.5 Å². The van der Waals surface area contributed by atoms with Crippen LogP contribution in [0.2, 0.25) is 0 Å². The second-order valence-corrected chi connectivity index (χ2v) is 6.03. The molecule has 0 aromatic heterocycles. The highest BCUT2D eigenvalue weighted by Crippen LogP contribution is 2.37. The molecule has 2 aromatic carbocycles. The van der Waals surface area contributed by atoms with Gasteiger partial charge in [0.2, 0.25) is 0 Å². The monoisotopic (exact) mass is 318 g/mol. The summed E-state index contributed by atoms with van der Waals surface area (Å²) in [4.78, 5) is 2.24. The maximum Gasteiger partial charge on any atom is 0.156 e. The predicted octanol–water partition coefficient (Wildman–Crippen LogP) is 3.84. The SMILES string of the molecule is CC(=Cc1ccccc1)[C@](C#N)(c1ccccc1)N1CCOCC1. The first-order valence-electron chi connectivity index (χ1n) is 8.31. The van der Waals surface area contributed by atoms with Crippen molar-refractivity contribution in [2.45, 2.75) is 12.5 Å². The molecular formula is C21H22N2O. The molecule has 122 valence electrons. The Bertz CT molecular complexity index is 727. The number of nitrogens with zero attached hydrogens (tertiary/aromatic N) is 2. The van der Waals surface area contributed by atoms with E-state index >= 15 is 0 Å². The maximum absolute atomic E-state index is 10.3. The molecule has 1 atom stereocenters. The summed E-state index contributed by atoms with van der Waals surface area (Å²) >= 11 is 0. The topological polar surface area (TPSA) is 36.3 Å². The maximum atomic E-state index is 10.3. The van der Waals surface area contributed by atoms with E-state index in [9.17, 15) is 5.26 Å². The molecule has 0 amide bonds. The summed E-state index contributed by atoms with van der Waals surface area (Å²) in [5.41, 5.74) is 2.39. The van der Waals surface area contributed by atoms with E-state index in [1.54, 1.807) is 0 Å². The van der Waals surface area contributed by atoms with Crippen LogP contribution in [0.5, 0.6) is 0 Å². The number of ether oxygens (including phenoxy) is 1. The van der Waals surface area contributed by atoms with Crippen molar-refractivity contribution in [1.82, 2.24) is 4.90 Å². The molecule has 1 saturated heterocycles. The third-order valence-electron chi connectivity index (χ3n) is 4.59. The van der Waals surface area contributed by atoms with E-state index in [1.165, 1.54) is 0 Å². The first-order valence-corrected chi connectivity index (χ1v) is 8.31. The van der Waals surface area contributed by atoms with Crippen molar-refractivity contribution in [2.75, 3.05) is 26.3 Å². The van der Waals surface area contributed by atoms with Crippen LogP contribution in [0, 0.1) is 11.3 Å². The van der Waals surface area contributed by atoms with Gasteiger partial charge in [0.25, 0.3) is 0 Å². The molecule has 1 aliphatic rings. The third kappa shape index (κ3) is 3.12. The van der Waals surface area contributed by atoms with E-state index in [0.717, 1.165) is 29.8 Å². The van der Waals surface area contributed by atoms with Gasteiger partial charge in [-0.05, 0) is 23.6 Å². The fourth-order valence-electron chi connectivity index (χ4n) is 3.36. The molecule has 0 aliphatic carbocycles. The average Bonchev–Trinajstić information content (AvgIpc) is 2.65. The molecule has 0 spiro atoms. The van der Waals surface area contributed by atoms with Gasteiger partial charge in [-0.1, -0.05) is 66.7 Å². The van der Waals surface area contributed by atoms with Crippen LogP contribution >= 0.6 is 0 Å². The lowest BCUT2D eigenvalue weighted by atomic mass is 9.81. The summed E-state index contributed by atoms with van der Waals surface area (Å²) in [6.45, 7) is 4.88. The second kappa shape index (κ2) is 7.44. The Morgan fingerprint density at radius 2 is 1.62 bits per heavy atom. The van der Waals surface area contributed by atoms with Crippen LogP contribution in [0.4, 0.5) is 0 Å². The van der Waals surface area contributed by atoms with Crippen LogP contribution in [-0.4, -0.2) is 31.2 Å². The highest BCUT2D eigenvalue weighted by Gasteiger charge is 2.41. The lowest BCUT2D eigenvalue weighted by molar-refractivity contribution is 0.00577. The summed E-state index contributed by atoms with van der Waals surface area (Å²) < 4.78 is 5.50. The fourth-order valence-corrected chi connectivity index (χ4v) is 3.36. The Labute approximate surface area is 143 Å². The normalized spacial score (nSPS) is 18.6. The van der Waals surface area contributed by atoms with Crippen LogP contribution in [0.15, 0.2) is 66.2 Å². The van der Waals surface area contributed by atoms with Gasteiger partial charge >= 0.3 is 0 Å². The Hall–Kier alpha value is -2.41. The molecule has 1 fully saturated rings. The van der Waals surface area contributed by atoms with Crippen molar-refractivity contribution in [3.05, 3.63) is 77.4 Å². The largest absolute Gasteiger partial charge is 0.379 e. The molecule has 1 heterocycles. The minimum absolute atomic E-state index is 0.662. The molecule has 3 rings (SSSR count). The van der Waals surface area contributed by atoms with E-state index in [-0.39, 0.29) is 0 Å². The van der Waals surface area contributed by atoms with E-state index in [2.05, 4.69) is 36.1 Å². The zero-order valence-electron chi connectivity index (χ0n) is 14.0. The van der Waals surface area contributed by atoms with Gasteiger partial charge in [-0.25, -0.2) is 0 Å². The van der Waals surface area contributed by atoms with Gasteiger partial charge in [-0.2, -0.15) is 5.26 Å². The van der Waals surface area contributed by atoms with Gasteiger partial charge in [0.05, 0.1) is 19.3 Å². The first-order chi connectivity index (χ1) is 11.8. The molecule has 0 saturated carbocycles. The Balaban J connectivity index is 2.10. The summed E-state index contributed by atoms with van der Waals surface area (Å²) in [5, 5.41) is 10.3. The predicted molar refractivity (Wildman–Crippen MR) is 96.2 cm³/mol. The van der Waals surface area contributed by atoms with E-state index < -0.39 is 5.54 Å². The molecular weight excluding hydrogens is 296 g/mol. The molecule has 0 unspecified atom stereocenters. The van der Waals surface area contributed by atoms with Crippen LogP contribution in [0.25, 0.3) is 6.08 Å². The quantitative estimate of drug-likeness (QED) is 0.859. The van der Waals surface area contributed by atoms with Crippen LogP contribution in [0.3, 0.4) is 0 Å². The summed E-state index contributed by atoms with van der Waals surface area (Å²) in [7, 11) is 0. The molecule has 0 bridgehead atoms. The highest BCUT2D eigenvalue weighted by molar-refractivity contribution is 5.59. The highest BCUT2D eigenvalue weighted by atomic mass is 16.5. The number of rotatable bonds is 4. The van der Waals surface area contributed by atoms with Crippen molar-refractivity contribution >= 4 is 6.08 Å². The zero-order valence-corrected chi connectivity index (χ0v) is 14.0. The van der Waals surface area contributed by atoms with Gasteiger partial charge in [-0.3, -0.25) is 4.90 Å². The van der Waals surface area contributed by atoms with Crippen LogP contribution < -0.4 is 0 Å². The standard InChI is InChI=1S/C21H22N2O/c1-18(16-19-8-4-2-5-9-19)21(17-22,20-10-6-3-7-11-20)23-12-14-24-15-13-23/h2-11,16H,12-15H2,1H3/t21-/m1/s1. The fraction of sp³-hybridized carbons (Fsp3) is 0.286. The summed E-state index contributed by atoms with van der Waals surface area (Å²) in [5.74, 6) is 0. The minimum Gasteiger partial charge on any atom is -0.379 e. The molecule has 24 heavy (non-hydrogen) atoms. The average molecular weight is 318 g/mol. The number of morpholine rings is 1. The second-order valence-electron chi connectivity index (χ2n) is 6.03. The molecule has 2 aromatic rings. The van der Waals surface area contributed by atoms with Crippen LogP contribution in [0.1, 0.15) is 18.1 Å². The van der Waals surface area contributed by atoms with Gasteiger partial charge in [0, 0.05) is 13.1 Å². The van der Waals surface area contributed by atoms with Crippen molar-refractivity contribution in [2.24, 2.45) is 0 Å². The van der Waals surface area contributed by atoms with E-state index in [4.69, 9.17) is 4.74 Å². The van der Waals surface area contributed by atoms with Crippen molar-refractivity contribution in [3.63, 3.8) is 0 Å². The van der Waals surface area contributed by atoms with Gasteiger partial charge < -0.3 is 4.74 Å². The minimum atomic E-state index is -0.763. The van der Waals surface area contributed by atoms with Crippen molar-refractivity contribution in [1.29, 1.82) is 5.26 Å². The molecule has 0 radical (unpaired) electrons. The van der Waals surface area contributed by atoms with Crippen LogP contribution in [-0.2, 0) is 10.3 Å². The number of benzene rings is 2. The Morgan fingerprint density at radius 3 is 2.21 bits per heavy atom. The zero-order chi connectivity index (χ0) is 16.8. The van der Waals surface area contributed by atoms with Crippen molar-refractivity contribution in [3.8, 4) is 6.07 Å². The van der Waals surface area contributed by atoms with Crippen molar-refractivity contribution < 1.29 is 4.74 Å². The number of nitriles is 1. The Kier molecular flexibility index (Phi) is 5.10. The number of hydrogen-bond acceptors (Lipinski definition) is 3. The van der Waals surface area contributed by atoms with Gasteiger partial charge in [-0.15, -0.1) is 0 Å². The summed E-state index contributed by atoms with van der Waals surface area (Å²) in [6, 6.07) is 22.9. The van der Waals surface area contributed by atoms with Gasteiger partial charge in [0.15, 0.2) is 5.54 Å². The van der Waals surface area contributed by atoms with E-state index in [0.29, 0.717) is 13.2 Å². The lowest BCUT2D eigenvalue weighted by Gasteiger charge is -2.42. The lowest BCUT2D eigenvalue weighted by Crippen LogP contribution is -2.51. The number of hydrogen-bond donors (Lipinski definition) is 0. The molecule has 3 heteroatoms. The summed E-state index contributed by atoms with van der Waals surface area (Å²) in [6.07, 6.45) is 2.12. The third-order valence-corrected chi connectivity index (χ3v) is 4.59. The first kappa shape index (κ1) is 16.4. The molecule has 0 N–H and O–H groups in total. The Morgan fingerprint density at radius 1 is 1.04 bits per heavy atom. The molecule has 1 aliphatic heterocycles. The van der Waals surface area contributed by atoms with Gasteiger partial charge in [0.1, 0.15) is 0 Å².